The zero-order valence-electron chi connectivity index (χ0n) is 36.5. The number of fused-ring (bicyclic) bond motifs is 3. The molecule has 0 aliphatic heterocycles. The van der Waals surface area contributed by atoms with E-state index in [2.05, 4.69) is 161 Å². The largest absolute Gasteiger partial charge is 0.496 e. The number of rotatable bonds is 6. The lowest BCUT2D eigenvalue weighted by Gasteiger charge is -2.47. The van der Waals surface area contributed by atoms with Gasteiger partial charge in [-0.25, -0.2) is 10.0 Å². The van der Waals surface area contributed by atoms with Crippen molar-refractivity contribution in [3.63, 3.8) is 0 Å². The van der Waals surface area contributed by atoms with E-state index in [-0.39, 0.29) is 5.41 Å². The van der Waals surface area contributed by atoms with Crippen LogP contribution in [-0.4, -0.2) is 19.6 Å². The Morgan fingerprint density at radius 2 is 0.964 bits per heavy atom. The molecule has 0 bridgehead atoms. The molecule has 290 valence electrons. The molecule has 0 saturated heterocycles. The first kappa shape index (κ1) is 38.6. The Balaban J connectivity index is 1.43. The van der Waals surface area contributed by atoms with Gasteiger partial charge in [-0.1, -0.05) is 132 Å². The van der Waals surface area contributed by atoms with E-state index in [1.54, 1.807) is 16.7 Å². The van der Waals surface area contributed by atoms with Gasteiger partial charge in [0.15, 0.2) is 0 Å². The van der Waals surface area contributed by atoms with Crippen molar-refractivity contribution in [1.29, 1.82) is 0 Å². The third kappa shape index (κ3) is 6.23. The lowest BCUT2D eigenvalue weighted by molar-refractivity contribution is 0.399. The Bertz CT molecular complexity index is 2470. The normalized spacial score (nSPS) is 17.8. The monoisotopic (exact) mass is 758 g/mol. The Kier molecular flexibility index (Phi) is 9.44. The molecule has 3 aliphatic carbocycles. The molecule has 0 radical (unpaired) electrons. The Morgan fingerprint density at radius 1 is 0.536 bits per heavy atom. The number of aryl methyl sites for hydroxylation is 6. The highest BCUT2D eigenvalue weighted by atomic mass is 32.3. The maximum absolute atomic E-state index is 6.45. The average molecular weight is 759 g/mol. The number of ether oxygens (including phenoxy) is 1. The van der Waals surface area contributed by atoms with E-state index >= 15 is 0 Å². The van der Waals surface area contributed by atoms with Crippen molar-refractivity contribution in [2.45, 2.75) is 111 Å². The molecule has 56 heavy (non-hydrogen) atoms. The highest BCUT2D eigenvalue weighted by Gasteiger charge is 2.46. The van der Waals surface area contributed by atoms with Crippen LogP contribution in [0.4, 0.5) is 0 Å². The standard InChI is InChI=1S/C54H62OS/c1-30-18-31(2)22-38(21-30)47-41-16-15-17-42(41)48(39-23-32(3)19-33(4)24-39)50-45(47)28-37(8)53(50)56(13,14)52-36(7)27-43-44(52)29-46(54(9,10)11)51(55-12)49(43)40-25-34(5)20-35(6)26-40/h18-29,52-53H,15-17H2,1-14H3. The molecule has 0 spiro atoms. The van der Waals surface area contributed by atoms with Crippen molar-refractivity contribution in [3.05, 3.63) is 144 Å². The molecule has 0 aromatic heterocycles. The summed E-state index contributed by atoms with van der Waals surface area (Å²) in [6.45, 7) is 25.4. The molecule has 2 unspecified atom stereocenters. The van der Waals surface area contributed by atoms with E-state index in [1.165, 1.54) is 107 Å². The van der Waals surface area contributed by atoms with Crippen molar-refractivity contribution < 1.29 is 4.74 Å². The maximum Gasteiger partial charge on any atom is 0.131 e. The third-order valence-corrected chi connectivity index (χ3v) is 16.5. The fourth-order valence-corrected chi connectivity index (χ4v) is 15.3. The van der Waals surface area contributed by atoms with E-state index < -0.39 is 10.0 Å². The highest BCUT2D eigenvalue weighted by Crippen LogP contribution is 2.74. The number of methoxy groups -OCH3 is 1. The summed E-state index contributed by atoms with van der Waals surface area (Å²) in [5, 5.41) is 0.617. The molecule has 5 aromatic carbocycles. The second kappa shape index (κ2) is 13.7. The van der Waals surface area contributed by atoms with Crippen LogP contribution in [0.5, 0.6) is 5.75 Å². The molecule has 0 fully saturated rings. The van der Waals surface area contributed by atoms with Crippen LogP contribution in [0.2, 0.25) is 0 Å². The number of hydrogen-bond donors (Lipinski definition) is 0. The molecule has 1 nitrogen and oxygen atoms in total. The predicted molar refractivity (Wildman–Crippen MR) is 247 cm³/mol. The molecular weight excluding hydrogens is 697 g/mol. The van der Waals surface area contributed by atoms with E-state index in [1.807, 2.05) is 7.11 Å². The van der Waals surface area contributed by atoms with Gasteiger partial charge in [0.1, 0.15) is 5.75 Å². The van der Waals surface area contributed by atoms with Gasteiger partial charge < -0.3 is 4.74 Å². The molecule has 5 aromatic rings. The lowest BCUT2D eigenvalue weighted by atomic mass is 9.81. The minimum absolute atomic E-state index is 0.0953. The predicted octanol–water partition coefficient (Wildman–Crippen LogP) is 15.0. The first-order valence-electron chi connectivity index (χ1n) is 20.7. The molecule has 2 atom stereocenters. The summed E-state index contributed by atoms with van der Waals surface area (Å²) < 4.78 is 6.45. The maximum atomic E-state index is 6.45. The minimum Gasteiger partial charge on any atom is -0.496 e. The van der Waals surface area contributed by atoms with Crippen molar-refractivity contribution in [1.82, 2.24) is 0 Å². The molecule has 8 rings (SSSR count). The van der Waals surface area contributed by atoms with Crippen LogP contribution in [0, 0.1) is 41.5 Å². The van der Waals surface area contributed by atoms with Crippen LogP contribution in [0.25, 0.3) is 45.5 Å². The van der Waals surface area contributed by atoms with Crippen LogP contribution in [0.15, 0.2) is 71.8 Å². The van der Waals surface area contributed by atoms with Crippen molar-refractivity contribution in [2.24, 2.45) is 0 Å². The van der Waals surface area contributed by atoms with Crippen LogP contribution in [-0.2, 0) is 18.3 Å². The van der Waals surface area contributed by atoms with Crippen molar-refractivity contribution in [3.8, 4) is 39.1 Å². The van der Waals surface area contributed by atoms with Gasteiger partial charge in [-0.05, 0) is 160 Å². The number of benzene rings is 5. The third-order valence-electron chi connectivity index (χ3n) is 12.9. The lowest BCUT2D eigenvalue weighted by Crippen LogP contribution is -2.20. The van der Waals surface area contributed by atoms with Gasteiger partial charge >= 0.3 is 0 Å². The molecule has 3 aliphatic rings. The van der Waals surface area contributed by atoms with Crippen molar-refractivity contribution >= 4 is 22.2 Å². The molecule has 0 heterocycles. The summed E-state index contributed by atoms with van der Waals surface area (Å²) in [5.74, 6) is 1.02. The Morgan fingerprint density at radius 3 is 1.45 bits per heavy atom. The summed E-state index contributed by atoms with van der Waals surface area (Å²) in [4.78, 5) is 0. The van der Waals surface area contributed by atoms with E-state index in [0.29, 0.717) is 10.5 Å². The van der Waals surface area contributed by atoms with Gasteiger partial charge in [0.25, 0.3) is 0 Å². The molecule has 0 N–H and O–H groups in total. The van der Waals surface area contributed by atoms with Gasteiger partial charge in [-0.15, -0.1) is 0 Å². The van der Waals surface area contributed by atoms with Crippen LogP contribution < -0.4 is 4.74 Å². The second-order valence-corrected chi connectivity index (χ2v) is 23.0. The van der Waals surface area contributed by atoms with E-state index in [9.17, 15) is 0 Å². The Hall–Kier alpha value is -4.27. The minimum atomic E-state index is -1.42. The summed E-state index contributed by atoms with van der Waals surface area (Å²) >= 11 is 0. The van der Waals surface area contributed by atoms with E-state index in [4.69, 9.17) is 4.74 Å². The zero-order valence-corrected chi connectivity index (χ0v) is 37.3. The van der Waals surface area contributed by atoms with Gasteiger partial charge in [-0.3, -0.25) is 0 Å². The summed E-state index contributed by atoms with van der Waals surface area (Å²) in [6.07, 6.45) is 14.0. The summed E-state index contributed by atoms with van der Waals surface area (Å²) in [7, 11) is 0.445. The average Bonchev–Trinajstić information content (AvgIpc) is 3.79. The van der Waals surface area contributed by atoms with E-state index in [0.717, 1.165) is 18.6 Å². The molecule has 0 amide bonds. The molecule has 2 heteroatoms. The first-order valence-corrected chi connectivity index (χ1v) is 23.3. The fourth-order valence-electron chi connectivity index (χ4n) is 11.3. The SMILES string of the molecule is COc1c(C(C)(C)C)cc2c(c1-c1cc(C)cc(C)c1)C=C(C)C2S(C)(C)C1C(C)=Cc2c(-c3cc(C)cc(C)c3)c3c(c(-c4cc(C)cc(C)c4)c21)CCC3. The Labute approximate surface area is 339 Å². The van der Waals surface area contributed by atoms with Crippen LogP contribution in [0.3, 0.4) is 0 Å². The highest BCUT2D eigenvalue weighted by molar-refractivity contribution is 8.33. The molecular formula is C54H62OS. The van der Waals surface area contributed by atoms with Gasteiger partial charge in [0.2, 0.25) is 0 Å². The van der Waals surface area contributed by atoms with Crippen LogP contribution >= 0.6 is 10.0 Å². The van der Waals surface area contributed by atoms with Crippen LogP contribution in [0.1, 0.15) is 124 Å². The second-order valence-electron chi connectivity index (χ2n) is 19.1. The smallest absolute Gasteiger partial charge is 0.131 e. The first-order chi connectivity index (χ1) is 26.4. The van der Waals surface area contributed by atoms with Gasteiger partial charge in [-0.2, -0.15) is 0 Å². The van der Waals surface area contributed by atoms with Gasteiger partial charge in [0, 0.05) is 21.6 Å². The van der Waals surface area contributed by atoms with Crippen molar-refractivity contribution in [2.75, 3.05) is 19.6 Å². The quantitative estimate of drug-likeness (QED) is 0.168. The number of hydrogen-bond acceptors (Lipinski definition) is 1. The topological polar surface area (TPSA) is 9.23 Å². The zero-order chi connectivity index (χ0) is 40.2. The molecule has 0 saturated carbocycles. The fraction of sp³-hybridized carbons (Fsp3) is 0.370. The summed E-state index contributed by atoms with van der Waals surface area (Å²) in [5.41, 5.74) is 29.5. The van der Waals surface area contributed by atoms with Gasteiger partial charge in [0.05, 0.1) is 7.11 Å². The summed E-state index contributed by atoms with van der Waals surface area (Å²) in [6, 6.07) is 24.0.